The van der Waals surface area contributed by atoms with Crippen LogP contribution in [-0.2, 0) is 0 Å². The van der Waals surface area contributed by atoms with E-state index < -0.39 is 0 Å². The van der Waals surface area contributed by atoms with Crippen LogP contribution in [0.25, 0.3) is 0 Å². The van der Waals surface area contributed by atoms with Crippen molar-refractivity contribution in [1.82, 2.24) is 5.32 Å². The minimum Gasteiger partial charge on any atom is -0.496 e. The summed E-state index contributed by atoms with van der Waals surface area (Å²) in [6.07, 6.45) is 5.98. The molecule has 0 unspecified atom stereocenters. The predicted octanol–water partition coefficient (Wildman–Crippen LogP) is 5.93. The topological polar surface area (TPSA) is 59.6 Å². The highest BCUT2D eigenvalue weighted by Gasteiger charge is 2.14. The lowest BCUT2D eigenvalue weighted by Crippen LogP contribution is -2.34. The lowest BCUT2D eigenvalue weighted by atomic mass is 10.2. The van der Waals surface area contributed by atoms with Crippen molar-refractivity contribution in [3.05, 3.63) is 52.5 Å². The zero-order valence-corrected chi connectivity index (χ0v) is 19.2. The van der Waals surface area contributed by atoms with E-state index in [1.165, 1.54) is 32.8 Å². The van der Waals surface area contributed by atoms with Crippen LogP contribution < -0.4 is 20.1 Å². The first-order valence-corrected chi connectivity index (χ1v) is 10.9. The molecule has 0 spiro atoms. The molecule has 0 radical (unpaired) electrons. The Hall–Kier alpha value is -2.12. The van der Waals surface area contributed by atoms with Gasteiger partial charge in [0.2, 0.25) is 0 Å². The molecule has 5 nitrogen and oxygen atoms in total. The SMILES string of the molecule is CCCCCCCOc1cccc(NC(=S)NC(=O)c2cc(Br)ccc2OC)c1. The molecule has 0 fully saturated rings. The number of nitrogens with one attached hydrogen (secondary N) is 2. The van der Waals surface area contributed by atoms with Gasteiger partial charge in [0, 0.05) is 16.2 Å². The van der Waals surface area contributed by atoms with Gasteiger partial charge in [-0.1, -0.05) is 54.6 Å². The standard InChI is InChI=1S/C22H27BrN2O3S/c1-3-4-5-6-7-13-28-18-10-8-9-17(15-18)24-22(29)25-21(26)19-14-16(23)11-12-20(19)27-2/h8-12,14-15H,3-7,13H2,1-2H3,(H2,24,25,26,29). The molecule has 2 rings (SSSR count). The number of ether oxygens (including phenoxy) is 2. The molecule has 0 heterocycles. The predicted molar refractivity (Wildman–Crippen MR) is 125 cm³/mol. The molecule has 2 aromatic rings. The van der Waals surface area contributed by atoms with Crippen LogP contribution in [0.15, 0.2) is 46.9 Å². The van der Waals surface area contributed by atoms with Crippen LogP contribution in [0.3, 0.4) is 0 Å². The molecule has 29 heavy (non-hydrogen) atoms. The van der Waals surface area contributed by atoms with Crippen LogP contribution in [-0.4, -0.2) is 24.7 Å². The molecule has 7 heteroatoms. The first kappa shape index (κ1) is 23.2. The van der Waals surface area contributed by atoms with E-state index in [1.807, 2.05) is 30.3 Å². The number of thiocarbonyl (C=S) groups is 1. The van der Waals surface area contributed by atoms with Gasteiger partial charge in [0.05, 0.1) is 19.3 Å². The van der Waals surface area contributed by atoms with Crippen molar-refractivity contribution < 1.29 is 14.3 Å². The van der Waals surface area contributed by atoms with Gasteiger partial charge in [-0.05, 0) is 49.0 Å². The van der Waals surface area contributed by atoms with Crippen LogP contribution in [0, 0.1) is 0 Å². The van der Waals surface area contributed by atoms with Gasteiger partial charge in [0.25, 0.3) is 5.91 Å². The molecular formula is C22H27BrN2O3S. The maximum absolute atomic E-state index is 12.5. The highest BCUT2D eigenvalue weighted by atomic mass is 79.9. The van der Waals surface area contributed by atoms with Gasteiger partial charge < -0.3 is 14.8 Å². The Morgan fingerprint density at radius 2 is 1.90 bits per heavy atom. The lowest BCUT2D eigenvalue weighted by Gasteiger charge is -2.13. The van der Waals surface area contributed by atoms with Gasteiger partial charge in [-0.15, -0.1) is 0 Å². The second-order valence-corrected chi connectivity index (χ2v) is 7.87. The Balaban J connectivity index is 1.87. The number of methoxy groups -OCH3 is 1. The summed E-state index contributed by atoms with van der Waals surface area (Å²) in [4.78, 5) is 12.5. The first-order chi connectivity index (χ1) is 14.0. The third kappa shape index (κ3) is 8.03. The fourth-order valence-corrected chi connectivity index (χ4v) is 3.32. The fourth-order valence-electron chi connectivity index (χ4n) is 2.75. The average molecular weight is 479 g/mol. The smallest absolute Gasteiger partial charge is 0.261 e. The molecule has 0 aliphatic rings. The van der Waals surface area contributed by atoms with E-state index in [0.29, 0.717) is 17.9 Å². The second-order valence-electron chi connectivity index (χ2n) is 6.54. The minimum atomic E-state index is -0.347. The Kier molecular flexibility index (Phi) is 9.94. The summed E-state index contributed by atoms with van der Waals surface area (Å²) >= 11 is 8.64. The van der Waals surface area contributed by atoms with E-state index in [0.717, 1.165) is 22.3 Å². The van der Waals surface area contributed by atoms with Crippen LogP contribution in [0.5, 0.6) is 11.5 Å². The van der Waals surface area contributed by atoms with Crippen LogP contribution in [0.1, 0.15) is 49.4 Å². The van der Waals surface area contributed by atoms with Gasteiger partial charge in [-0.25, -0.2) is 0 Å². The third-order valence-electron chi connectivity index (χ3n) is 4.24. The quantitative estimate of drug-likeness (QED) is 0.327. The molecular weight excluding hydrogens is 452 g/mol. The highest BCUT2D eigenvalue weighted by molar-refractivity contribution is 9.10. The molecule has 0 bridgehead atoms. The summed E-state index contributed by atoms with van der Waals surface area (Å²) in [6, 6.07) is 12.7. The van der Waals surface area contributed by atoms with Gasteiger partial charge in [0.1, 0.15) is 11.5 Å². The number of anilines is 1. The summed E-state index contributed by atoms with van der Waals surface area (Å²) in [5.74, 6) is 0.899. The van der Waals surface area contributed by atoms with Gasteiger partial charge in [-0.2, -0.15) is 0 Å². The molecule has 2 N–H and O–H groups in total. The number of rotatable bonds is 10. The number of carbonyl (C=O) groups is 1. The molecule has 0 aromatic heterocycles. The van der Waals surface area contributed by atoms with E-state index in [-0.39, 0.29) is 11.0 Å². The molecule has 1 amide bonds. The molecule has 0 saturated carbocycles. The zero-order chi connectivity index (χ0) is 21.1. The van der Waals surface area contributed by atoms with E-state index in [4.69, 9.17) is 21.7 Å². The Bertz CT molecular complexity index is 829. The summed E-state index contributed by atoms with van der Waals surface area (Å²) < 4.78 is 11.8. The minimum absolute atomic E-state index is 0.203. The fraction of sp³-hybridized carbons (Fsp3) is 0.364. The van der Waals surface area contributed by atoms with E-state index >= 15 is 0 Å². The van der Waals surface area contributed by atoms with E-state index in [1.54, 1.807) is 12.1 Å². The zero-order valence-electron chi connectivity index (χ0n) is 16.8. The Morgan fingerprint density at radius 1 is 1.10 bits per heavy atom. The van der Waals surface area contributed by atoms with Crippen molar-refractivity contribution in [2.45, 2.75) is 39.0 Å². The van der Waals surface area contributed by atoms with Gasteiger partial charge in [-0.3, -0.25) is 10.1 Å². The number of hydrogen-bond donors (Lipinski definition) is 2. The van der Waals surface area contributed by atoms with Crippen molar-refractivity contribution in [1.29, 1.82) is 0 Å². The summed E-state index contributed by atoms with van der Waals surface area (Å²) in [5, 5.41) is 5.90. The molecule has 0 aliphatic heterocycles. The first-order valence-electron chi connectivity index (χ1n) is 9.72. The van der Waals surface area contributed by atoms with Gasteiger partial charge in [0.15, 0.2) is 5.11 Å². The molecule has 0 atom stereocenters. The van der Waals surface area contributed by atoms with Crippen molar-refractivity contribution in [2.24, 2.45) is 0 Å². The van der Waals surface area contributed by atoms with Crippen LogP contribution in [0.4, 0.5) is 5.69 Å². The average Bonchev–Trinajstić information content (AvgIpc) is 2.70. The number of halogens is 1. The molecule has 156 valence electrons. The van der Waals surface area contributed by atoms with E-state index in [2.05, 4.69) is 33.5 Å². The number of unbranched alkanes of at least 4 members (excludes halogenated alkanes) is 4. The third-order valence-corrected chi connectivity index (χ3v) is 4.94. The maximum Gasteiger partial charge on any atom is 0.261 e. The number of benzene rings is 2. The molecule has 0 saturated heterocycles. The highest BCUT2D eigenvalue weighted by Crippen LogP contribution is 2.23. The largest absolute Gasteiger partial charge is 0.496 e. The van der Waals surface area contributed by atoms with Gasteiger partial charge >= 0.3 is 0 Å². The second kappa shape index (κ2) is 12.4. The van der Waals surface area contributed by atoms with Crippen LogP contribution >= 0.6 is 28.1 Å². The summed E-state index contributed by atoms with van der Waals surface area (Å²) in [6.45, 7) is 2.90. The molecule has 0 aliphatic carbocycles. The Morgan fingerprint density at radius 3 is 2.66 bits per heavy atom. The van der Waals surface area contributed by atoms with Crippen molar-refractivity contribution in [3.8, 4) is 11.5 Å². The van der Waals surface area contributed by atoms with Crippen molar-refractivity contribution in [3.63, 3.8) is 0 Å². The summed E-state index contributed by atoms with van der Waals surface area (Å²) in [5.41, 5.74) is 1.14. The number of hydrogen-bond acceptors (Lipinski definition) is 4. The van der Waals surface area contributed by atoms with Crippen LogP contribution in [0.2, 0.25) is 0 Å². The maximum atomic E-state index is 12.5. The number of carbonyl (C=O) groups excluding carboxylic acids is 1. The summed E-state index contributed by atoms with van der Waals surface area (Å²) in [7, 11) is 1.52. The monoisotopic (exact) mass is 478 g/mol. The van der Waals surface area contributed by atoms with E-state index in [9.17, 15) is 4.79 Å². The number of amides is 1. The molecule has 2 aromatic carbocycles. The lowest BCUT2D eigenvalue weighted by molar-refractivity contribution is 0.0974. The normalized spacial score (nSPS) is 10.3. The Labute approximate surface area is 186 Å². The van der Waals surface area contributed by atoms with Crippen molar-refractivity contribution >= 4 is 44.9 Å². The van der Waals surface area contributed by atoms with Crippen molar-refractivity contribution in [2.75, 3.05) is 19.0 Å².